The number of carbonyl (C=O) groups excluding carboxylic acids is 1. The predicted octanol–water partition coefficient (Wildman–Crippen LogP) is 3.01. The molecule has 1 N–H and O–H groups in total. The average molecular weight is 361 g/mol. The largest absolute Gasteiger partial charge is 0.497 e. The summed E-state index contributed by atoms with van der Waals surface area (Å²) in [4.78, 5) is 16.2. The lowest BCUT2D eigenvalue weighted by molar-refractivity contribution is 0.194. The molecule has 1 fully saturated rings. The fourth-order valence-corrected chi connectivity index (χ4v) is 2.96. The molecule has 1 saturated heterocycles. The molecule has 0 unspecified atom stereocenters. The molecular weight excluding hydrogens is 340 g/mol. The van der Waals surface area contributed by atoms with Crippen molar-refractivity contribution in [3.63, 3.8) is 0 Å². The summed E-state index contributed by atoms with van der Waals surface area (Å²) in [5.74, 6) is -0.495. The molecule has 0 saturated carbocycles. The number of ether oxygens (including phenoxy) is 1. The topological polar surface area (TPSA) is 44.8 Å². The number of nitrogens with one attached hydrogen (secondary N) is 1. The molecule has 0 radical (unpaired) electrons. The first kappa shape index (κ1) is 18.0. The first-order valence-corrected chi connectivity index (χ1v) is 8.42. The summed E-state index contributed by atoms with van der Waals surface area (Å²) in [5.41, 5.74) is 1.48. The van der Waals surface area contributed by atoms with E-state index in [-0.39, 0.29) is 12.6 Å². The van der Waals surface area contributed by atoms with Crippen LogP contribution in [0.15, 0.2) is 42.5 Å². The van der Waals surface area contributed by atoms with Crippen molar-refractivity contribution in [1.29, 1.82) is 0 Å². The molecule has 138 valence electrons. The van der Waals surface area contributed by atoms with Crippen LogP contribution < -0.4 is 15.0 Å². The highest BCUT2D eigenvalue weighted by atomic mass is 19.1. The second-order valence-corrected chi connectivity index (χ2v) is 6.11. The Balaban J connectivity index is 1.49. The first-order chi connectivity index (χ1) is 12.5. The Morgan fingerprint density at radius 3 is 2.23 bits per heavy atom. The summed E-state index contributed by atoms with van der Waals surface area (Å²) in [7, 11) is 1.63. The van der Waals surface area contributed by atoms with Gasteiger partial charge in [0.15, 0.2) is 0 Å². The zero-order valence-electron chi connectivity index (χ0n) is 14.5. The number of amides is 2. The molecule has 2 aromatic rings. The van der Waals surface area contributed by atoms with E-state index < -0.39 is 11.6 Å². The number of halogens is 2. The number of carbonyl (C=O) groups is 1. The number of methoxy groups -OCH3 is 1. The predicted molar refractivity (Wildman–Crippen MR) is 95.4 cm³/mol. The number of urea groups is 1. The minimum atomic E-state index is -0.651. The van der Waals surface area contributed by atoms with Crippen LogP contribution in [0.3, 0.4) is 0 Å². The van der Waals surface area contributed by atoms with Crippen molar-refractivity contribution >= 4 is 11.7 Å². The Hall–Kier alpha value is -2.83. The van der Waals surface area contributed by atoms with Gasteiger partial charge in [0.1, 0.15) is 17.4 Å². The number of benzene rings is 2. The molecule has 2 amide bonds. The third kappa shape index (κ3) is 4.41. The van der Waals surface area contributed by atoms with E-state index in [1.807, 2.05) is 24.3 Å². The smallest absolute Gasteiger partial charge is 0.317 e. The number of hydrogen-bond donors (Lipinski definition) is 1. The van der Waals surface area contributed by atoms with E-state index in [4.69, 9.17) is 4.74 Å². The molecule has 7 heteroatoms. The van der Waals surface area contributed by atoms with Gasteiger partial charge in [-0.3, -0.25) is 0 Å². The summed E-state index contributed by atoms with van der Waals surface area (Å²) in [6, 6.07) is 10.8. The maximum absolute atomic E-state index is 13.2. The summed E-state index contributed by atoms with van der Waals surface area (Å²) in [6.07, 6.45) is 0. The van der Waals surface area contributed by atoms with Crippen LogP contribution in [0.25, 0.3) is 0 Å². The highest BCUT2D eigenvalue weighted by Gasteiger charge is 2.21. The molecule has 0 atom stereocenters. The maximum Gasteiger partial charge on any atom is 0.317 e. The van der Waals surface area contributed by atoms with Crippen molar-refractivity contribution in [3.05, 3.63) is 59.7 Å². The quantitative estimate of drug-likeness (QED) is 0.911. The van der Waals surface area contributed by atoms with Gasteiger partial charge in [-0.25, -0.2) is 13.6 Å². The Bertz CT molecular complexity index is 740. The van der Waals surface area contributed by atoms with Crippen molar-refractivity contribution in [2.75, 3.05) is 38.2 Å². The van der Waals surface area contributed by atoms with Gasteiger partial charge in [-0.2, -0.15) is 0 Å². The number of anilines is 1. The molecule has 0 bridgehead atoms. The summed E-state index contributed by atoms with van der Waals surface area (Å²) in [6.45, 7) is 2.68. The van der Waals surface area contributed by atoms with Crippen LogP contribution >= 0.6 is 0 Å². The Morgan fingerprint density at radius 1 is 1.04 bits per heavy atom. The lowest BCUT2D eigenvalue weighted by atomic mass is 10.2. The summed E-state index contributed by atoms with van der Waals surface area (Å²) >= 11 is 0. The van der Waals surface area contributed by atoms with Crippen molar-refractivity contribution in [2.45, 2.75) is 6.54 Å². The van der Waals surface area contributed by atoms with Gasteiger partial charge in [0.25, 0.3) is 0 Å². The minimum Gasteiger partial charge on any atom is -0.497 e. The number of piperazine rings is 1. The highest BCUT2D eigenvalue weighted by molar-refractivity contribution is 5.74. The first-order valence-electron chi connectivity index (χ1n) is 8.42. The van der Waals surface area contributed by atoms with Crippen molar-refractivity contribution in [2.24, 2.45) is 0 Å². The minimum absolute atomic E-state index is 0.0895. The van der Waals surface area contributed by atoms with E-state index in [9.17, 15) is 13.6 Å². The van der Waals surface area contributed by atoms with E-state index in [0.717, 1.165) is 17.5 Å². The zero-order valence-corrected chi connectivity index (χ0v) is 14.5. The standard InChI is InChI=1S/C19H21F2N3O2/c1-26-18-4-2-17(3-5-18)23-6-8-24(9-7-23)19(25)22-13-14-10-15(20)12-16(21)11-14/h2-5,10-12H,6-9,13H2,1H3,(H,22,25). The van der Waals surface area contributed by atoms with Crippen LogP contribution in [0, 0.1) is 11.6 Å². The fourth-order valence-electron chi connectivity index (χ4n) is 2.96. The maximum atomic E-state index is 13.2. The zero-order chi connectivity index (χ0) is 18.5. The molecule has 0 aromatic heterocycles. The van der Waals surface area contributed by atoms with Crippen molar-refractivity contribution < 1.29 is 18.3 Å². The normalized spacial score (nSPS) is 14.3. The van der Waals surface area contributed by atoms with Gasteiger partial charge in [-0.05, 0) is 42.0 Å². The van der Waals surface area contributed by atoms with Crippen molar-refractivity contribution in [1.82, 2.24) is 10.2 Å². The Labute approximate surface area is 151 Å². The molecule has 1 aliphatic heterocycles. The molecule has 3 rings (SSSR count). The lowest BCUT2D eigenvalue weighted by Gasteiger charge is -2.36. The van der Waals surface area contributed by atoms with Gasteiger partial charge in [0.05, 0.1) is 7.11 Å². The summed E-state index contributed by atoms with van der Waals surface area (Å²) in [5, 5.41) is 2.71. The second-order valence-electron chi connectivity index (χ2n) is 6.11. The van der Waals surface area contributed by atoms with E-state index in [0.29, 0.717) is 31.7 Å². The number of hydrogen-bond acceptors (Lipinski definition) is 3. The van der Waals surface area contributed by atoms with E-state index in [1.54, 1.807) is 12.0 Å². The second kappa shape index (κ2) is 8.03. The van der Waals surface area contributed by atoms with E-state index >= 15 is 0 Å². The van der Waals surface area contributed by atoms with Gasteiger partial charge in [0, 0.05) is 44.5 Å². The molecule has 1 aliphatic rings. The molecular formula is C19H21F2N3O2. The van der Waals surface area contributed by atoms with Gasteiger partial charge in [0.2, 0.25) is 0 Å². The monoisotopic (exact) mass is 361 g/mol. The fraction of sp³-hybridized carbons (Fsp3) is 0.316. The van der Waals surface area contributed by atoms with Crippen LogP contribution in [-0.2, 0) is 6.54 Å². The molecule has 0 aliphatic carbocycles. The molecule has 1 heterocycles. The highest BCUT2D eigenvalue weighted by Crippen LogP contribution is 2.20. The third-order valence-corrected chi connectivity index (χ3v) is 4.37. The van der Waals surface area contributed by atoms with Gasteiger partial charge in [-0.1, -0.05) is 0 Å². The molecule has 2 aromatic carbocycles. The van der Waals surface area contributed by atoms with E-state index in [2.05, 4.69) is 10.2 Å². The number of rotatable bonds is 4. The molecule has 5 nitrogen and oxygen atoms in total. The summed E-state index contributed by atoms with van der Waals surface area (Å²) < 4.78 is 31.5. The van der Waals surface area contributed by atoms with Gasteiger partial charge < -0.3 is 19.9 Å². The Kier molecular flexibility index (Phi) is 5.55. The lowest BCUT2D eigenvalue weighted by Crippen LogP contribution is -2.51. The van der Waals surface area contributed by atoms with Crippen LogP contribution in [0.2, 0.25) is 0 Å². The van der Waals surface area contributed by atoms with Gasteiger partial charge in [-0.15, -0.1) is 0 Å². The number of nitrogens with zero attached hydrogens (tertiary/aromatic N) is 2. The Morgan fingerprint density at radius 2 is 1.65 bits per heavy atom. The average Bonchev–Trinajstić information content (AvgIpc) is 2.65. The van der Waals surface area contributed by atoms with Crippen LogP contribution in [-0.4, -0.2) is 44.2 Å². The van der Waals surface area contributed by atoms with E-state index in [1.165, 1.54) is 12.1 Å². The van der Waals surface area contributed by atoms with Gasteiger partial charge >= 0.3 is 6.03 Å². The van der Waals surface area contributed by atoms with Crippen LogP contribution in [0.4, 0.5) is 19.3 Å². The van der Waals surface area contributed by atoms with Crippen LogP contribution in [0.5, 0.6) is 5.75 Å². The van der Waals surface area contributed by atoms with Crippen molar-refractivity contribution in [3.8, 4) is 5.75 Å². The van der Waals surface area contributed by atoms with Crippen LogP contribution in [0.1, 0.15) is 5.56 Å². The SMILES string of the molecule is COc1ccc(N2CCN(C(=O)NCc3cc(F)cc(F)c3)CC2)cc1. The third-order valence-electron chi connectivity index (χ3n) is 4.37. The molecule has 0 spiro atoms. The molecule has 26 heavy (non-hydrogen) atoms.